The van der Waals surface area contributed by atoms with Crippen molar-refractivity contribution in [3.8, 4) is 11.5 Å². The van der Waals surface area contributed by atoms with Gasteiger partial charge in [0.1, 0.15) is 11.6 Å². The zero-order chi connectivity index (χ0) is 30.7. The highest BCUT2D eigenvalue weighted by Crippen LogP contribution is 2.43. The molecule has 0 radical (unpaired) electrons. The Bertz CT molecular complexity index is 1170. The van der Waals surface area contributed by atoms with Crippen molar-refractivity contribution in [1.82, 2.24) is 10.6 Å². The summed E-state index contributed by atoms with van der Waals surface area (Å²) in [5.74, 6) is -2.27. The number of aromatic hydroxyl groups is 1. The van der Waals surface area contributed by atoms with Gasteiger partial charge in [-0.25, -0.2) is 0 Å². The maximum Gasteiger partial charge on any atom is 0.243 e. The van der Waals surface area contributed by atoms with Gasteiger partial charge < -0.3 is 36.1 Å². The monoisotopic (exact) mass is 587 g/mol. The van der Waals surface area contributed by atoms with Gasteiger partial charge in [0.25, 0.3) is 0 Å². The molecular weight excluding hydrogens is 542 g/mol. The Hall–Kier alpha value is -3.18. The number of carbonyl (C=O) groups excluding carboxylic acids is 4. The molecular formula is C31H45N3O8. The van der Waals surface area contributed by atoms with Crippen LogP contribution in [0.1, 0.15) is 77.2 Å². The smallest absolute Gasteiger partial charge is 0.243 e. The van der Waals surface area contributed by atoms with E-state index in [-0.39, 0.29) is 36.5 Å². The molecule has 2 aliphatic carbocycles. The Morgan fingerprint density at radius 1 is 1.07 bits per heavy atom. The minimum atomic E-state index is -1.15. The second kappa shape index (κ2) is 13.0. The summed E-state index contributed by atoms with van der Waals surface area (Å²) >= 11 is 0. The van der Waals surface area contributed by atoms with Crippen LogP contribution >= 0.6 is 0 Å². The fourth-order valence-electron chi connectivity index (χ4n) is 6.57. The summed E-state index contributed by atoms with van der Waals surface area (Å²) in [5, 5.41) is 26.1. The van der Waals surface area contributed by atoms with Gasteiger partial charge >= 0.3 is 0 Å². The first-order valence-corrected chi connectivity index (χ1v) is 15.0. The standard InChI is InChI=1S/C31H45N3O8/c1-18(31(29(32)40)12-10-21(35)11-13-31)27(38)34-23(15-20-8-9-25(41-3)24(36)16-20)28(39)33-22(14-19-6-4-5-7-19)26(37)30(2)17-42-30/h8-9,16,18-19,21-23,35-36H,4-7,10-15,17H2,1-3H3,(H2,32,40)(H,33,39)(H,34,38)/t18-,21?,22-,23-,30+,31?/m0/s1. The molecule has 1 aliphatic heterocycles. The summed E-state index contributed by atoms with van der Waals surface area (Å²) in [4.78, 5) is 53.5. The number of aliphatic hydroxyl groups excluding tert-OH is 1. The van der Waals surface area contributed by atoms with Gasteiger partial charge in [-0.3, -0.25) is 19.2 Å². The number of phenols is 1. The Kier molecular flexibility index (Phi) is 9.82. The van der Waals surface area contributed by atoms with E-state index in [1.165, 1.54) is 13.2 Å². The fraction of sp³-hybridized carbons (Fsp3) is 0.677. The number of hydrogen-bond acceptors (Lipinski definition) is 8. The number of ketones is 1. The third-order valence-corrected chi connectivity index (χ3v) is 9.65. The molecule has 232 valence electrons. The van der Waals surface area contributed by atoms with Crippen LogP contribution in [0.2, 0.25) is 0 Å². The van der Waals surface area contributed by atoms with Gasteiger partial charge in [-0.15, -0.1) is 0 Å². The fourth-order valence-corrected chi connectivity index (χ4v) is 6.57. The molecule has 2 saturated carbocycles. The number of carbonyl (C=O) groups is 4. The highest BCUT2D eigenvalue weighted by molar-refractivity contribution is 5.98. The Labute approximate surface area is 246 Å². The second-order valence-corrected chi connectivity index (χ2v) is 12.6. The number of methoxy groups -OCH3 is 1. The van der Waals surface area contributed by atoms with Crippen LogP contribution in [0, 0.1) is 17.3 Å². The van der Waals surface area contributed by atoms with Crippen molar-refractivity contribution in [3.05, 3.63) is 23.8 Å². The lowest BCUT2D eigenvalue weighted by atomic mass is 9.65. The highest BCUT2D eigenvalue weighted by Gasteiger charge is 2.51. The number of epoxide rings is 1. The minimum Gasteiger partial charge on any atom is -0.504 e. The topological polar surface area (TPSA) is 181 Å². The van der Waals surface area contributed by atoms with Gasteiger partial charge in [-0.05, 0) is 62.6 Å². The molecule has 1 saturated heterocycles. The SMILES string of the molecule is COc1ccc(C[C@H](NC(=O)[C@H](C)C2(C(N)=O)CCC(O)CC2)C(=O)N[C@@H](CC2CCCC2)C(=O)[C@@]2(C)CO2)cc1O. The van der Waals surface area contributed by atoms with E-state index < -0.39 is 52.8 Å². The van der Waals surface area contributed by atoms with Crippen molar-refractivity contribution in [3.63, 3.8) is 0 Å². The van der Waals surface area contributed by atoms with E-state index in [0.29, 0.717) is 37.4 Å². The molecule has 0 unspecified atom stereocenters. The van der Waals surface area contributed by atoms with Crippen molar-refractivity contribution >= 4 is 23.5 Å². The average Bonchev–Trinajstić information content (AvgIpc) is 3.50. The molecule has 3 amide bonds. The summed E-state index contributed by atoms with van der Waals surface area (Å²) in [6, 6.07) is 2.83. The molecule has 6 N–H and O–H groups in total. The van der Waals surface area contributed by atoms with Crippen LogP contribution in [0.5, 0.6) is 11.5 Å². The first kappa shape index (κ1) is 31.7. The van der Waals surface area contributed by atoms with Crippen LogP contribution in [-0.2, 0) is 30.3 Å². The third kappa shape index (κ3) is 7.06. The van der Waals surface area contributed by atoms with E-state index in [0.717, 1.165) is 25.7 Å². The van der Waals surface area contributed by atoms with Gasteiger partial charge in [0.05, 0.1) is 31.3 Å². The average molecular weight is 588 g/mol. The van der Waals surface area contributed by atoms with Crippen LogP contribution in [0.15, 0.2) is 18.2 Å². The number of nitrogens with one attached hydrogen (secondary N) is 2. The Morgan fingerprint density at radius 3 is 2.24 bits per heavy atom. The molecule has 0 aromatic heterocycles. The Balaban J connectivity index is 1.57. The van der Waals surface area contributed by atoms with Gasteiger partial charge in [-0.1, -0.05) is 38.7 Å². The largest absolute Gasteiger partial charge is 0.504 e. The Morgan fingerprint density at radius 2 is 1.69 bits per heavy atom. The van der Waals surface area contributed by atoms with Crippen LogP contribution in [0.3, 0.4) is 0 Å². The molecule has 3 fully saturated rings. The summed E-state index contributed by atoms with van der Waals surface area (Å²) in [6.07, 6.45) is 5.33. The zero-order valence-corrected chi connectivity index (χ0v) is 24.8. The van der Waals surface area contributed by atoms with E-state index in [1.807, 2.05) is 0 Å². The number of benzene rings is 1. The maximum atomic E-state index is 13.9. The first-order chi connectivity index (χ1) is 19.9. The first-order valence-electron chi connectivity index (χ1n) is 15.0. The quantitative estimate of drug-likeness (QED) is 0.217. The summed E-state index contributed by atoms with van der Waals surface area (Å²) < 4.78 is 10.5. The van der Waals surface area contributed by atoms with Gasteiger partial charge in [0.15, 0.2) is 17.3 Å². The molecule has 0 bridgehead atoms. The lowest BCUT2D eigenvalue weighted by Crippen LogP contribution is -2.57. The number of aliphatic hydroxyl groups is 1. The summed E-state index contributed by atoms with van der Waals surface area (Å²) in [6.45, 7) is 3.63. The molecule has 11 heteroatoms. The molecule has 11 nitrogen and oxygen atoms in total. The number of phenolic OH excluding ortho intramolecular Hbond substituents is 1. The number of amides is 3. The molecule has 1 aromatic rings. The lowest BCUT2D eigenvalue weighted by molar-refractivity contribution is -0.144. The van der Waals surface area contributed by atoms with Crippen molar-refractivity contribution in [2.45, 2.75) is 102 Å². The number of primary amides is 1. The van der Waals surface area contributed by atoms with Gasteiger partial charge in [-0.2, -0.15) is 0 Å². The van der Waals surface area contributed by atoms with E-state index in [9.17, 15) is 29.4 Å². The second-order valence-electron chi connectivity index (χ2n) is 12.6. The van der Waals surface area contributed by atoms with Crippen LogP contribution in [0.25, 0.3) is 0 Å². The van der Waals surface area contributed by atoms with Crippen molar-refractivity contribution < 1.29 is 38.9 Å². The molecule has 3 aliphatic rings. The van der Waals surface area contributed by atoms with E-state index >= 15 is 0 Å². The minimum absolute atomic E-state index is 0.0161. The van der Waals surface area contributed by atoms with Gasteiger partial charge in [0.2, 0.25) is 17.7 Å². The summed E-state index contributed by atoms with van der Waals surface area (Å²) in [7, 11) is 1.43. The van der Waals surface area contributed by atoms with E-state index in [2.05, 4.69) is 10.6 Å². The predicted octanol–water partition coefficient (Wildman–Crippen LogP) is 1.89. The number of rotatable bonds is 13. The summed E-state index contributed by atoms with van der Waals surface area (Å²) in [5.41, 5.74) is 4.28. The number of hydrogen-bond donors (Lipinski definition) is 5. The molecule has 4 rings (SSSR count). The van der Waals surface area contributed by atoms with Crippen molar-refractivity contribution in [2.75, 3.05) is 13.7 Å². The lowest BCUT2D eigenvalue weighted by Gasteiger charge is -2.40. The van der Waals surface area contributed by atoms with E-state index in [4.69, 9.17) is 15.2 Å². The van der Waals surface area contributed by atoms with Crippen molar-refractivity contribution in [1.29, 1.82) is 0 Å². The maximum absolute atomic E-state index is 13.9. The zero-order valence-electron chi connectivity index (χ0n) is 24.8. The predicted molar refractivity (Wildman–Crippen MR) is 153 cm³/mol. The molecule has 4 atom stereocenters. The van der Waals surface area contributed by atoms with Crippen molar-refractivity contribution in [2.24, 2.45) is 23.0 Å². The molecule has 1 aromatic carbocycles. The molecule has 0 spiro atoms. The number of Topliss-reactive ketones (excluding diaryl/α,β-unsaturated/α-hetero) is 1. The van der Waals surface area contributed by atoms with Crippen LogP contribution in [-0.4, -0.2) is 71.2 Å². The molecule has 42 heavy (non-hydrogen) atoms. The normalized spacial score (nSPS) is 27.9. The van der Waals surface area contributed by atoms with E-state index in [1.54, 1.807) is 26.0 Å². The highest BCUT2D eigenvalue weighted by atomic mass is 16.6. The number of nitrogens with two attached hydrogens (primary N) is 1. The van der Waals surface area contributed by atoms with Gasteiger partial charge in [0, 0.05) is 12.3 Å². The van der Waals surface area contributed by atoms with Crippen LogP contribution < -0.4 is 21.1 Å². The number of ether oxygens (including phenoxy) is 2. The van der Waals surface area contributed by atoms with Crippen LogP contribution in [0.4, 0.5) is 0 Å². The third-order valence-electron chi connectivity index (χ3n) is 9.65. The molecule has 1 heterocycles.